The molecule has 0 saturated heterocycles. The van der Waals surface area contributed by atoms with Crippen molar-refractivity contribution in [2.45, 2.75) is 83.7 Å². The Kier molecular flexibility index (Phi) is 6.71. The first-order valence-corrected chi connectivity index (χ1v) is 8.30. The van der Waals surface area contributed by atoms with Gasteiger partial charge in [-0.15, -0.1) is 0 Å². The van der Waals surface area contributed by atoms with Gasteiger partial charge in [-0.05, 0) is 39.5 Å². The van der Waals surface area contributed by atoms with Gasteiger partial charge in [0.2, 0.25) is 0 Å². The lowest BCUT2D eigenvalue weighted by molar-refractivity contribution is -0.214. The second-order valence-corrected chi connectivity index (χ2v) is 6.08. The molecule has 0 spiro atoms. The van der Waals surface area contributed by atoms with E-state index in [-0.39, 0.29) is 24.8 Å². The van der Waals surface area contributed by atoms with Gasteiger partial charge in [-0.2, -0.15) is 0 Å². The molecule has 0 aliphatic heterocycles. The van der Waals surface area contributed by atoms with Crippen LogP contribution < -0.4 is 0 Å². The molecule has 4 heteroatoms. The van der Waals surface area contributed by atoms with Gasteiger partial charge >= 0.3 is 5.97 Å². The average Bonchev–Trinajstić information content (AvgIpc) is 3.17. The highest BCUT2D eigenvalue weighted by atomic mass is 16.7. The largest absolute Gasteiger partial charge is 0.457 e. The number of rotatable bonds is 7. The van der Waals surface area contributed by atoms with Crippen LogP contribution in [0, 0.1) is 0 Å². The van der Waals surface area contributed by atoms with E-state index in [0.717, 1.165) is 25.7 Å². The summed E-state index contributed by atoms with van der Waals surface area (Å²) in [6.07, 6.45) is 11.1. The minimum Gasteiger partial charge on any atom is -0.457 e. The zero-order chi connectivity index (χ0) is 15.1. The van der Waals surface area contributed by atoms with E-state index in [1.54, 1.807) is 13.0 Å². The Morgan fingerprint density at radius 3 is 1.95 bits per heavy atom. The molecular weight excluding hydrogens is 268 g/mol. The van der Waals surface area contributed by atoms with E-state index in [1.807, 2.05) is 6.92 Å². The van der Waals surface area contributed by atoms with Crippen molar-refractivity contribution >= 4 is 5.97 Å². The van der Waals surface area contributed by atoms with Gasteiger partial charge in [0, 0.05) is 5.57 Å². The predicted octanol–water partition coefficient (Wildman–Crippen LogP) is 3.74. The first kappa shape index (κ1) is 16.5. The van der Waals surface area contributed by atoms with Gasteiger partial charge in [0.15, 0.2) is 6.29 Å². The molecule has 0 aromatic heterocycles. The van der Waals surface area contributed by atoms with Gasteiger partial charge in [-0.3, -0.25) is 0 Å². The second-order valence-electron chi connectivity index (χ2n) is 6.08. The van der Waals surface area contributed by atoms with E-state index >= 15 is 0 Å². The number of allylic oxidation sites excluding steroid dienone is 1. The minimum atomic E-state index is -0.412. The smallest absolute Gasteiger partial charge is 0.333 e. The summed E-state index contributed by atoms with van der Waals surface area (Å²) in [7, 11) is 0. The van der Waals surface area contributed by atoms with Gasteiger partial charge < -0.3 is 14.2 Å². The molecule has 0 bridgehead atoms. The number of hydrogen-bond acceptors (Lipinski definition) is 4. The van der Waals surface area contributed by atoms with Crippen LogP contribution in [0.4, 0.5) is 0 Å². The summed E-state index contributed by atoms with van der Waals surface area (Å²) in [5.74, 6) is -0.285. The van der Waals surface area contributed by atoms with Crippen molar-refractivity contribution in [3.63, 3.8) is 0 Å². The molecule has 2 aliphatic rings. The highest BCUT2D eigenvalue weighted by Crippen LogP contribution is 2.26. The van der Waals surface area contributed by atoms with Crippen molar-refractivity contribution in [2.24, 2.45) is 0 Å². The van der Waals surface area contributed by atoms with E-state index < -0.39 is 6.29 Å². The summed E-state index contributed by atoms with van der Waals surface area (Å²) in [6.45, 7) is 3.78. The maximum atomic E-state index is 11.8. The summed E-state index contributed by atoms with van der Waals surface area (Å²) in [4.78, 5) is 11.8. The van der Waals surface area contributed by atoms with Gasteiger partial charge in [0.25, 0.3) is 0 Å². The van der Waals surface area contributed by atoms with Crippen molar-refractivity contribution in [3.05, 3.63) is 11.6 Å². The predicted molar refractivity (Wildman–Crippen MR) is 80.9 cm³/mol. The number of hydrogen-bond donors (Lipinski definition) is 0. The fourth-order valence-electron chi connectivity index (χ4n) is 2.96. The van der Waals surface area contributed by atoms with Crippen molar-refractivity contribution in [3.8, 4) is 0 Å². The van der Waals surface area contributed by atoms with Gasteiger partial charge in [0.05, 0.1) is 12.2 Å². The molecule has 0 aromatic rings. The monoisotopic (exact) mass is 296 g/mol. The summed E-state index contributed by atoms with van der Waals surface area (Å²) in [5.41, 5.74) is 0.621. The standard InChI is InChI=1S/C17H28O4/c1-3-13(2)17(18)19-12-16(20-14-8-4-5-9-14)21-15-10-6-7-11-15/h3,14-16H,4-12H2,1-2H3. The zero-order valence-electron chi connectivity index (χ0n) is 13.3. The molecule has 0 atom stereocenters. The Labute approximate surface area is 127 Å². The van der Waals surface area contributed by atoms with Crippen molar-refractivity contribution in [1.82, 2.24) is 0 Å². The lowest BCUT2D eigenvalue weighted by Crippen LogP contribution is -2.32. The zero-order valence-corrected chi connectivity index (χ0v) is 13.3. The van der Waals surface area contributed by atoms with E-state index in [9.17, 15) is 4.79 Å². The Balaban J connectivity index is 1.82. The molecule has 0 unspecified atom stereocenters. The molecule has 0 aromatic carbocycles. The molecule has 0 N–H and O–H groups in total. The molecular formula is C17H28O4. The van der Waals surface area contributed by atoms with Crippen molar-refractivity contribution < 1.29 is 19.0 Å². The maximum Gasteiger partial charge on any atom is 0.333 e. The highest BCUT2D eigenvalue weighted by Gasteiger charge is 2.26. The summed E-state index contributed by atoms with van der Waals surface area (Å²) < 4.78 is 17.4. The van der Waals surface area contributed by atoms with Crippen LogP contribution in [0.2, 0.25) is 0 Å². The summed E-state index contributed by atoms with van der Waals surface area (Å²) in [5, 5.41) is 0. The Morgan fingerprint density at radius 2 is 1.52 bits per heavy atom. The molecule has 0 heterocycles. The van der Waals surface area contributed by atoms with Crippen LogP contribution in [0.15, 0.2) is 11.6 Å². The van der Waals surface area contributed by atoms with Gasteiger partial charge in [-0.25, -0.2) is 4.79 Å². The van der Waals surface area contributed by atoms with Crippen molar-refractivity contribution in [1.29, 1.82) is 0 Å². The van der Waals surface area contributed by atoms with Gasteiger partial charge in [-0.1, -0.05) is 31.8 Å². The molecule has 2 saturated carbocycles. The van der Waals surface area contributed by atoms with E-state index in [1.165, 1.54) is 25.7 Å². The van der Waals surface area contributed by atoms with Crippen LogP contribution in [0.25, 0.3) is 0 Å². The van der Waals surface area contributed by atoms with Crippen LogP contribution >= 0.6 is 0 Å². The SMILES string of the molecule is CC=C(C)C(=O)OCC(OC1CCCC1)OC1CCCC1. The van der Waals surface area contributed by atoms with Crippen molar-refractivity contribution in [2.75, 3.05) is 6.61 Å². The van der Waals surface area contributed by atoms with E-state index in [0.29, 0.717) is 5.57 Å². The Hall–Kier alpha value is -0.870. The van der Waals surface area contributed by atoms with E-state index in [4.69, 9.17) is 14.2 Å². The first-order valence-electron chi connectivity index (χ1n) is 8.30. The quantitative estimate of drug-likeness (QED) is 0.408. The number of carbonyl (C=O) groups is 1. The fraction of sp³-hybridized carbons (Fsp3) is 0.824. The van der Waals surface area contributed by atoms with E-state index in [2.05, 4.69) is 0 Å². The third-order valence-corrected chi connectivity index (χ3v) is 4.40. The molecule has 0 amide bonds. The van der Waals surface area contributed by atoms with Crippen LogP contribution in [0.1, 0.15) is 65.2 Å². The average molecular weight is 296 g/mol. The van der Waals surface area contributed by atoms with Gasteiger partial charge in [0.1, 0.15) is 6.61 Å². The molecule has 21 heavy (non-hydrogen) atoms. The molecule has 0 radical (unpaired) electrons. The minimum absolute atomic E-state index is 0.191. The highest BCUT2D eigenvalue weighted by molar-refractivity contribution is 5.87. The fourth-order valence-corrected chi connectivity index (χ4v) is 2.96. The summed E-state index contributed by atoms with van der Waals surface area (Å²) >= 11 is 0. The number of carbonyl (C=O) groups excluding carboxylic acids is 1. The van der Waals surface area contributed by atoms with Crippen LogP contribution in [-0.4, -0.2) is 31.1 Å². The molecule has 2 rings (SSSR count). The Bertz CT molecular complexity index is 334. The molecule has 2 fully saturated rings. The van der Waals surface area contributed by atoms with Crippen LogP contribution in [-0.2, 0) is 19.0 Å². The normalized spacial score (nSPS) is 21.4. The Morgan fingerprint density at radius 1 is 1.05 bits per heavy atom. The van der Waals surface area contributed by atoms with Crippen LogP contribution in [0.5, 0.6) is 0 Å². The molecule has 120 valence electrons. The number of ether oxygens (including phenoxy) is 3. The maximum absolute atomic E-state index is 11.8. The molecule has 4 nitrogen and oxygen atoms in total. The molecule has 2 aliphatic carbocycles. The lowest BCUT2D eigenvalue weighted by atomic mass is 10.3. The third kappa shape index (κ3) is 5.44. The lowest BCUT2D eigenvalue weighted by Gasteiger charge is -2.25. The second kappa shape index (κ2) is 8.54. The third-order valence-electron chi connectivity index (χ3n) is 4.40. The topological polar surface area (TPSA) is 44.8 Å². The first-order chi connectivity index (χ1) is 10.2. The summed E-state index contributed by atoms with van der Waals surface area (Å²) in [6, 6.07) is 0. The number of esters is 1. The van der Waals surface area contributed by atoms with Crippen LogP contribution in [0.3, 0.4) is 0 Å².